The maximum Gasteiger partial charge on any atom is 0.573 e. The van der Waals surface area contributed by atoms with Gasteiger partial charge in [-0.3, -0.25) is 0 Å². The van der Waals surface area contributed by atoms with Crippen LogP contribution < -0.4 is 9.47 Å². The minimum Gasteiger partial charge on any atom is -0.467 e. The molecule has 0 saturated heterocycles. The highest BCUT2D eigenvalue weighted by Crippen LogP contribution is 2.29. The zero-order chi connectivity index (χ0) is 15.2. The molecule has 20 heavy (non-hydrogen) atoms. The molecule has 1 aromatic carbocycles. The molecular formula is C12H13F3O5. The van der Waals surface area contributed by atoms with E-state index in [1.54, 1.807) is 6.92 Å². The Morgan fingerprint density at radius 1 is 1.30 bits per heavy atom. The number of ether oxygens (including phenoxy) is 4. The van der Waals surface area contributed by atoms with E-state index in [2.05, 4.69) is 9.47 Å². The van der Waals surface area contributed by atoms with Gasteiger partial charge in [-0.15, -0.1) is 13.2 Å². The Balaban J connectivity index is 3.02. The summed E-state index contributed by atoms with van der Waals surface area (Å²) in [6.45, 7) is 1.50. The van der Waals surface area contributed by atoms with Crippen molar-refractivity contribution in [2.75, 3.05) is 20.5 Å². The molecule has 0 N–H and O–H groups in total. The number of carbonyl (C=O) groups excluding carboxylic acids is 1. The van der Waals surface area contributed by atoms with Gasteiger partial charge in [-0.1, -0.05) is 0 Å². The van der Waals surface area contributed by atoms with Crippen LogP contribution in [0.1, 0.15) is 17.3 Å². The zero-order valence-electron chi connectivity index (χ0n) is 10.8. The highest BCUT2D eigenvalue weighted by molar-refractivity contribution is 5.92. The number of alkyl halides is 3. The Bertz CT molecular complexity index is 459. The second-order valence-electron chi connectivity index (χ2n) is 3.48. The van der Waals surface area contributed by atoms with Gasteiger partial charge < -0.3 is 18.9 Å². The zero-order valence-corrected chi connectivity index (χ0v) is 10.8. The summed E-state index contributed by atoms with van der Waals surface area (Å²) in [6, 6.07) is 3.07. The lowest BCUT2D eigenvalue weighted by Gasteiger charge is -2.13. The molecule has 0 saturated carbocycles. The van der Waals surface area contributed by atoms with Gasteiger partial charge in [-0.2, -0.15) is 0 Å². The van der Waals surface area contributed by atoms with Crippen molar-refractivity contribution in [1.29, 1.82) is 0 Å². The first-order valence-corrected chi connectivity index (χ1v) is 5.56. The van der Waals surface area contributed by atoms with E-state index in [0.717, 1.165) is 18.2 Å². The maximum absolute atomic E-state index is 12.1. The first-order valence-electron chi connectivity index (χ1n) is 5.56. The second-order valence-corrected chi connectivity index (χ2v) is 3.48. The van der Waals surface area contributed by atoms with Crippen LogP contribution in [0.3, 0.4) is 0 Å². The fourth-order valence-corrected chi connectivity index (χ4v) is 1.32. The summed E-state index contributed by atoms with van der Waals surface area (Å²) >= 11 is 0. The molecule has 0 bridgehead atoms. The predicted octanol–water partition coefficient (Wildman–Crippen LogP) is 2.74. The van der Waals surface area contributed by atoms with E-state index in [-0.39, 0.29) is 24.7 Å². The van der Waals surface area contributed by atoms with Gasteiger partial charge in [0.05, 0.1) is 6.61 Å². The van der Waals surface area contributed by atoms with Gasteiger partial charge in [-0.05, 0) is 19.1 Å². The van der Waals surface area contributed by atoms with E-state index >= 15 is 0 Å². The van der Waals surface area contributed by atoms with Gasteiger partial charge >= 0.3 is 12.3 Å². The van der Waals surface area contributed by atoms with E-state index in [9.17, 15) is 18.0 Å². The Morgan fingerprint density at radius 2 is 2.00 bits per heavy atom. The number of esters is 1. The highest BCUT2D eigenvalue weighted by Gasteiger charge is 2.31. The Morgan fingerprint density at radius 3 is 2.55 bits per heavy atom. The molecule has 0 spiro atoms. The normalized spacial score (nSPS) is 11.1. The van der Waals surface area contributed by atoms with E-state index in [1.165, 1.54) is 7.11 Å². The van der Waals surface area contributed by atoms with Gasteiger partial charge in [0.25, 0.3) is 0 Å². The van der Waals surface area contributed by atoms with Gasteiger partial charge in [0, 0.05) is 13.2 Å². The van der Waals surface area contributed by atoms with Crippen LogP contribution in [0.15, 0.2) is 18.2 Å². The van der Waals surface area contributed by atoms with Gasteiger partial charge in [-0.25, -0.2) is 4.79 Å². The molecule has 0 unspecified atom stereocenters. The molecule has 0 aliphatic rings. The van der Waals surface area contributed by atoms with Crippen LogP contribution in [-0.4, -0.2) is 32.8 Å². The van der Waals surface area contributed by atoms with Crippen molar-refractivity contribution < 1.29 is 36.9 Å². The second kappa shape index (κ2) is 6.99. The molecular weight excluding hydrogens is 281 g/mol. The van der Waals surface area contributed by atoms with Crippen LogP contribution in [0, 0.1) is 0 Å². The molecule has 112 valence electrons. The Labute approximate surface area is 113 Å². The van der Waals surface area contributed by atoms with Gasteiger partial charge in [0.2, 0.25) is 0 Å². The van der Waals surface area contributed by atoms with Crippen molar-refractivity contribution in [3.63, 3.8) is 0 Å². The minimum absolute atomic E-state index is 0.0153. The van der Waals surface area contributed by atoms with E-state index in [1.807, 2.05) is 0 Å². The predicted molar refractivity (Wildman–Crippen MR) is 61.6 cm³/mol. The molecule has 0 atom stereocenters. The van der Waals surface area contributed by atoms with E-state index in [0.29, 0.717) is 0 Å². The first kappa shape index (κ1) is 16.1. The third-order valence-electron chi connectivity index (χ3n) is 2.01. The Kier molecular flexibility index (Phi) is 5.63. The molecule has 8 heteroatoms. The number of benzene rings is 1. The Hall–Kier alpha value is -1.96. The first-order chi connectivity index (χ1) is 9.37. The number of hydrogen-bond donors (Lipinski definition) is 0. The van der Waals surface area contributed by atoms with E-state index in [4.69, 9.17) is 9.47 Å². The average molecular weight is 294 g/mol. The van der Waals surface area contributed by atoms with Crippen LogP contribution >= 0.6 is 0 Å². The summed E-state index contributed by atoms with van der Waals surface area (Å²) in [7, 11) is 1.33. The molecule has 1 aromatic rings. The molecule has 0 radical (unpaired) electrons. The number of hydrogen-bond acceptors (Lipinski definition) is 5. The van der Waals surface area contributed by atoms with Crippen LogP contribution in [0.2, 0.25) is 0 Å². The minimum atomic E-state index is -4.83. The topological polar surface area (TPSA) is 54.0 Å². The molecule has 1 rings (SSSR count). The number of rotatable bonds is 6. The number of methoxy groups -OCH3 is 1. The van der Waals surface area contributed by atoms with Gasteiger partial charge in [0.15, 0.2) is 6.79 Å². The quantitative estimate of drug-likeness (QED) is 0.596. The van der Waals surface area contributed by atoms with Crippen molar-refractivity contribution in [2.45, 2.75) is 13.3 Å². The molecule has 0 aromatic heterocycles. The summed E-state index contributed by atoms with van der Waals surface area (Å²) in [5, 5.41) is 0. The van der Waals surface area contributed by atoms with Crippen molar-refractivity contribution in [2.24, 2.45) is 0 Å². The largest absolute Gasteiger partial charge is 0.573 e. The smallest absolute Gasteiger partial charge is 0.467 e. The highest BCUT2D eigenvalue weighted by atomic mass is 19.4. The van der Waals surface area contributed by atoms with Gasteiger partial charge in [0.1, 0.15) is 17.1 Å². The fourth-order valence-electron chi connectivity index (χ4n) is 1.32. The van der Waals surface area contributed by atoms with Crippen molar-refractivity contribution in [3.8, 4) is 11.5 Å². The summed E-state index contributed by atoms with van der Waals surface area (Å²) in [6.07, 6.45) is -4.83. The van der Waals surface area contributed by atoms with Crippen LogP contribution in [0.25, 0.3) is 0 Å². The van der Waals surface area contributed by atoms with Crippen LogP contribution in [0.5, 0.6) is 11.5 Å². The third-order valence-corrected chi connectivity index (χ3v) is 2.01. The van der Waals surface area contributed by atoms with Crippen molar-refractivity contribution in [3.05, 3.63) is 23.8 Å². The molecule has 0 fully saturated rings. The average Bonchev–Trinajstić information content (AvgIpc) is 2.34. The third kappa shape index (κ3) is 4.96. The molecule has 5 nitrogen and oxygen atoms in total. The fraction of sp³-hybridized carbons (Fsp3) is 0.417. The number of halogens is 3. The maximum atomic E-state index is 12.1. The molecule has 0 aliphatic heterocycles. The van der Waals surface area contributed by atoms with Crippen LogP contribution in [-0.2, 0) is 9.47 Å². The summed E-state index contributed by atoms with van der Waals surface area (Å²) in [5.74, 6) is -1.33. The van der Waals surface area contributed by atoms with Crippen molar-refractivity contribution >= 4 is 5.97 Å². The molecule has 0 amide bonds. The molecule has 0 aliphatic carbocycles. The lowest BCUT2D eigenvalue weighted by atomic mass is 10.2. The molecule has 0 heterocycles. The standard InChI is InChI=1S/C12H13F3O5/c1-3-18-11(16)9-5-4-8(20-12(13,14)15)6-10(9)19-7-17-2/h4-6H,3,7H2,1-2H3. The van der Waals surface area contributed by atoms with Crippen molar-refractivity contribution in [1.82, 2.24) is 0 Å². The monoisotopic (exact) mass is 294 g/mol. The summed E-state index contributed by atoms with van der Waals surface area (Å²) in [4.78, 5) is 11.6. The van der Waals surface area contributed by atoms with E-state index < -0.39 is 18.1 Å². The summed E-state index contributed by atoms with van der Waals surface area (Å²) in [5.41, 5.74) is -0.0153. The SMILES string of the molecule is CCOC(=O)c1ccc(OC(F)(F)F)cc1OCOC. The summed E-state index contributed by atoms with van der Waals surface area (Å²) < 4.78 is 54.6. The lowest BCUT2D eigenvalue weighted by molar-refractivity contribution is -0.274. The van der Waals surface area contributed by atoms with Crippen LogP contribution in [0.4, 0.5) is 13.2 Å². The number of carbonyl (C=O) groups is 1. The lowest BCUT2D eigenvalue weighted by Crippen LogP contribution is -2.17.